The smallest absolute Gasteiger partial charge is 0.407 e. The summed E-state index contributed by atoms with van der Waals surface area (Å²) in [6, 6.07) is 18.6. The van der Waals surface area contributed by atoms with Crippen LogP contribution in [0.15, 0.2) is 54.6 Å². The van der Waals surface area contributed by atoms with Crippen molar-refractivity contribution in [3.63, 3.8) is 0 Å². The van der Waals surface area contributed by atoms with Gasteiger partial charge in [0.2, 0.25) is 5.91 Å². The first-order chi connectivity index (χ1) is 18.1. The van der Waals surface area contributed by atoms with Crippen molar-refractivity contribution in [3.8, 4) is 5.75 Å². The summed E-state index contributed by atoms with van der Waals surface area (Å²) in [7, 11) is 3.52. The van der Waals surface area contributed by atoms with E-state index in [4.69, 9.17) is 9.47 Å². The second-order valence-electron chi connectivity index (χ2n) is 11.4. The highest BCUT2D eigenvalue weighted by Gasteiger charge is 2.24. The van der Waals surface area contributed by atoms with Gasteiger partial charge in [-0.05, 0) is 75.6 Å². The number of alkyl carbamates (subject to hydrolysis) is 1. The standard InChI is InChI=1S/C22H35N3O4.C9H10/c1-22(2,3)29-21(27)23-18-10-12-25(13-11-18)14-15-28-19-8-6-17(7-9-19)16-20(26)24(4)5;1-2-4-8(5-3-1)9-6-7-9/h6-9,18H,10-16H2,1-5H3,(H,23,27);1-5,9H,6-7H2. The van der Waals surface area contributed by atoms with E-state index in [0.29, 0.717) is 13.0 Å². The quantitative estimate of drug-likeness (QED) is 0.512. The van der Waals surface area contributed by atoms with Gasteiger partial charge in [0.15, 0.2) is 0 Å². The molecule has 208 valence electrons. The first-order valence-electron chi connectivity index (χ1n) is 13.8. The number of ether oxygens (including phenoxy) is 2. The van der Waals surface area contributed by atoms with Gasteiger partial charge in [-0.2, -0.15) is 0 Å². The summed E-state index contributed by atoms with van der Waals surface area (Å²) < 4.78 is 11.2. The van der Waals surface area contributed by atoms with E-state index < -0.39 is 5.60 Å². The first kappa shape index (κ1) is 29.5. The van der Waals surface area contributed by atoms with E-state index in [9.17, 15) is 9.59 Å². The maximum atomic E-state index is 11.9. The van der Waals surface area contributed by atoms with E-state index in [2.05, 4.69) is 40.5 Å². The SMILES string of the molecule is CN(C)C(=O)Cc1ccc(OCCN2CCC(NC(=O)OC(C)(C)C)CC2)cc1.c1ccc(C2CC2)cc1. The summed E-state index contributed by atoms with van der Waals surface area (Å²) in [6.07, 6.45) is 4.70. The third kappa shape index (κ3) is 11.1. The van der Waals surface area contributed by atoms with E-state index in [1.54, 1.807) is 19.0 Å². The fraction of sp³-hybridized carbons (Fsp3) is 0.548. The van der Waals surface area contributed by atoms with Gasteiger partial charge in [-0.1, -0.05) is 42.5 Å². The lowest BCUT2D eigenvalue weighted by Crippen LogP contribution is -2.46. The predicted molar refractivity (Wildman–Crippen MR) is 152 cm³/mol. The first-order valence-corrected chi connectivity index (χ1v) is 13.8. The zero-order chi connectivity index (χ0) is 27.5. The van der Waals surface area contributed by atoms with Crippen LogP contribution in [0.5, 0.6) is 5.75 Å². The third-order valence-corrected chi connectivity index (χ3v) is 6.61. The number of carbonyl (C=O) groups is 2. The molecule has 4 rings (SSSR count). The number of rotatable bonds is 8. The van der Waals surface area contributed by atoms with Crippen molar-refractivity contribution in [1.82, 2.24) is 15.1 Å². The van der Waals surface area contributed by atoms with Crippen LogP contribution >= 0.6 is 0 Å². The third-order valence-electron chi connectivity index (χ3n) is 6.61. The number of nitrogens with one attached hydrogen (secondary N) is 1. The zero-order valence-electron chi connectivity index (χ0n) is 23.7. The minimum absolute atomic E-state index is 0.0863. The number of piperidine rings is 1. The molecule has 0 aromatic heterocycles. The Morgan fingerprint density at radius 2 is 1.58 bits per heavy atom. The van der Waals surface area contributed by atoms with Gasteiger partial charge >= 0.3 is 6.09 Å². The number of carbonyl (C=O) groups excluding carboxylic acids is 2. The maximum Gasteiger partial charge on any atom is 0.407 e. The number of amides is 2. The Bertz CT molecular complexity index is 990. The van der Waals surface area contributed by atoms with Gasteiger partial charge in [0.1, 0.15) is 18.0 Å². The minimum atomic E-state index is -0.470. The molecule has 0 atom stereocenters. The summed E-state index contributed by atoms with van der Waals surface area (Å²) in [4.78, 5) is 27.6. The Morgan fingerprint density at radius 3 is 2.13 bits per heavy atom. The van der Waals surface area contributed by atoms with Gasteiger partial charge in [0, 0.05) is 39.8 Å². The highest BCUT2D eigenvalue weighted by Crippen LogP contribution is 2.39. The number of likely N-dealkylation sites (tertiary alicyclic amines) is 1. The second kappa shape index (κ2) is 14.2. The Labute approximate surface area is 228 Å². The van der Waals surface area contributed by atoms with Crippen LogP contribution in [0, 0.1) is 0 Å². The molecular formula is C31H45N3O4. The van der Waals surface area contributed by atoms with E-state index in [-0.39, 0.29) is 18.0 Å². The van der Waals surface area contributed by atoms with Crippen molar-refractivity contribution in [2.45, 2.75) is 70.4 Å². The summed E-state index contributed by atoms with van der Waals surface area (Å²) in [5, 5.41) is 2.96. The van der Waals surface area contributed by atoms with Crippen molar-refractivity contribution < 1.29 is 19.1 Å². The van der Waals surface area contributed by atoms with Crippen molar-refractivity contribution in [2.75, 3.05) is 40.3 Å². The fourth-order valence-electron chi connectivity index (χ4n) is 4.25. The van der Waals surface area contributed by atoms with Crippen LogP contribution in [0.3, 0.4) is 0 Å². The molecule has 1 heterocycles. The highest BCUT2D eigenvalue weighted by molar-refractivity contribution is 5.78. The van der Waals surface area contributed by atoms with Crippen LogP contribution in [-0.2, 0) is 16.0 Å². The second-order valence-corrected chi connectivity index (χ2v) is 11.4. The Kier molecular flexibility index (Phi) is 11.0. The van der Waals surface area contributed by atoms with E-state index in [0.717, 1.165) is 49.7 Å². The molecule has 7 nitrogen and oxygen atoms in total. The van der Waals surface area contributed by atoms with Crippen molar-refractivity contribution in [2.24, 2.45) is 0 Å². The average molecular weight is 524 g/mol. The van der Waals surface area contributed by atoms with Crippen molar-refractivity contribution in [1.29, 1.82) is 0 Å². The lowest BCUT2D eigenvalue weighted by molar-refractivity contribution is -0.127. The van der Waals surface area contributed by atoms with Crippen LogP contribution in [0.25, 0.3) is 0 Å². The molecule has 2 amide bonds. The van der Waals surface area contributed by atoms with E-state index >= 15 is 0 Å². The van der Waals surface area contributed by atoms with Crippen molar-refractivity contribution in [3.05, 3.63) is 65.7 Å². The maximum absolute atomic E-state index is 11.9. The Morgan fingerprint density at radius 1 is 0.947 bits per heavy atom. The lowest BCUT2D eigenvalue weighted by atomic mass is 10.1. The molecule has 1 saturated carbocycles. The van der Waals surface area contributed by atoms with Crippen LogP contribution in [-0.4, -0.2) is 73.8 Å². The number of nitrogens with zero attached hydrogens (tertiary/aromatic N) is 2. The van der Waals surface area contributed by atoms with Gasteiger partial charge in [0.05, 0.1) is 6.42 Å². The van der Waals surface area contributed by atoms with Gasteiger partial charge in [-0.15, -0.1) is 0 Å². The molecule has 1 aliphatic heterocycles. The van der Waals surface area contributed by atoms with Gasteiger partial charge in [-0.25, -0.2) is 4.79 Å². The lowest BCUT2D eigenvalue weighted by Gasteiger charge is -2.32. The Balaban J connectivity index is 0.000000368. The molecule has 0 unspecified atom stereocenters. The largest absolute Gasteiger partial charge is 0.492 e. The Hall–Kier alpha value is -3.06. The summed E-state index contributed by atoms with van der Waals surface area (Å²) in [5.41, 5.74) is 2.04. The average Bonchev–Trinajstić information content (AvgIpc) is 3.72. The van der Waals surface area contributed by atoms with Crippen LogP contribution < -0.4 is 10.1 Å². The number of hydrogen-bond acceptors (Lipinski definition) is 5. The monoisotopic (exact) mass is 523 g/mol. The predicted octanol–water partition coefficient (Wildman–Crippen LogP) is 5.25. The molecule has 2 aromatic rings. The van der Waals surface area contributed by atoms with Crippen LogP contribution in [0.2, 0.25) is 0 Å². The molecule has 1 N–H and O–H groups in total. The molecule has 38 heavy (non-hydrogen) atoms. The molecule has 2 aromatic carbocycles. The zero-order valence-corrected chi connectivity index (χ0v) is 23.7. The minimum Gasteiger partial charge on any atom is -0.492 e. The van der Waals surface area contributed by atoms with Gasteiger partial charge in [0.25, 0.3) is 0 Å². The van der Waals surface area contributed by atoms with Crippen molar-refractivity contribution >= 4 is 12.0 Å². The number of benzene rings is 2. The summed E-state index contributed by atoms with van der Waals surface area (Å²) in [5.74, 6) is 1.81. The summed E-state index contributed by atoms with van der Waals surface area (Å²) in [6.45, 7) is 8.91. The molecule has 2 fully saturated rings. The molecule has 7 heteroatoms. The molecule has 0 spiro atoms. The molecule has 0 bridgehead atoms. The highest BCUT2D eigenvalue weighted by atomic mass is 16.6. The molecule has 1 aliphatic carbocycles. The van der Waals surface area contributed by atoms with Crippen LogP contribution in [0.4, 0.5) is 4.79 Å². The molecule has 2 aliphatic rings. The normalized spacial score (nSPS) is 16.1. The van der Waals surface area contributed by atoms with Gasteiger partial charge < -0.3 is 19.7 Å². The number of hydrogen-bond donors (Lipinski definition) is 1. The van der Waals surface area contributed by atoms with E-state index in [1.165, 1.54) is 18.4 Å². The van der Waals surface area contributed by atoms with E-state index in [1.807, 2.05) is 45.0 Å². The fourth-order valence-corrected chi connectivity index (χ4v) is 4.25. The number of likely N-dealkylation sites (N-methyl/N-ethyl adjacent to an activating group) is 1. The molecule has 1 saturated heterocycles. The topological polar surface area (TPSA) is 71.1 Å². The summed E-state index contributed by atoms with van der Waals surface area (Å²) >= 11 is 0. The van der Waals surface area contributed by atoms with Crippen LogP contribution in [0.1, 0.15) is 63.5 Å². The molecular weight excluding hydrogens is 478 g/mol. The van der Waals surface area contributed by atoms with Gasteiger partial charge in [-0.3, -0.25) is 9.69 Å². The molecule has 0 radical (unpaired) electrons.